The predicted molar refractivity (Wildman–Crippen MR) is 93.5 cm³/mol. The maximum absolute atomic E-state index is 2.26. The van der Waals surface area contributed by atoms with Crippen molar-refractivity contribution in [3.05, 3.63) is 58.7 Å². The summed E-state index contributed by atoms with van der Waals surface area (Å²) in [5, 5.41) is 0. The molecule has 0 saturated heterocycles. The van der Waals surface area contributed by atoms with Gasteiger partial charge in [-0.05, 0) is 49.9 Å². The minimum absolute atomic E-state index is 1.33. The molecule has 0 aromatic heterocycles. The summed E-state index contributed by atoms with van der Waals surface area (Å²) in [5.74, 6) is 0. The molecule has 0 saturated carbocycles. The highest BCUT2D eigenvalue weighted by molar-refractivity contribution is 5.69. The molecule has 0 aliphatic heterocycles. The minimum Gasteiger partial charge on any atom is -0.0683 e. The van der Waals surface area contributed by atoms with Crippen LogP contribution in [0.15, 0.2) is 36.4 Å². The molecular weight excluding hydrogens is 240 g/mol. The fraction of sp³-hybridized carbons (Fsp3) is 0.400. The lowest BCUT2D eigenvalue weighted by molar-refractivity contribution is 1.32. The van der Waals surface area contributed by atoms with Crippen molar-refractivity contribution in [1.29, 1.82) is 0 Å². The fourth-order valence-corrected chi connectivity index (χ4v) is 2.19. The van der Waals surface area contributed by atoms with Crippen LogP contribution in [-0.2, 0) is 0 Å². The predicted octanol–water partition coefficient (Wildman–Crippen LogP) is 6.64. The first-order valence-electron chi connectivity index (χ1n) is 7.73. The highest BCUT2D eigenvalue weighted by Crippen LogP contribution is 2.27. The smallest absolute Gasteiger partial charge is 0.0152 e. The van der Waals surface area contributed by atoms with E-state index in [1.165, 1.54) is 33.4 Å². The van der Waals surface area contributed by atoms with Crippen molar-refractivity contribution in [1.82, 2.24) is 0 Å². The van der Waals surface area contributed by atoms with E-state index in [9.17, 15) is 0 Å². The number of aryl methyl sites for hydroxylation is 3. The third kappa shape index (κ3) is 4.85. The Morgan fingerprint density at radius 1 is 0.650 bits per heavy atom. The molecular formula is C20H30. The van der Waals surface area contributed by atoms with Crippen molar-refractivity contribution >= 4 is 0 Å². The summed E-state index contributed by atoms with van der Waals surface area (Å²) in [7, 11) is 0. The van der Waals surface area contributed by atoms with Crippen molar-refractivity contribution in [2.45, 2.75) is 55.4 Å². The molecule has 0 aliphatic rings. The van der Waals surface area contributed by atoms with Crippen LogP contribution in [0.4, 0.5) is 0 Å². The summed E-state index contributed by atoms with van der Waals surface area (Å²) < 4.78 is 0. The standard InChI is InChI=1S/C16H18.2C2H6/c1-11-8-12(2)10-15(9-11)16-7-5-6-13(3)14(16)4;2*1-2/h5-10H,1-4H3;2*1-2H3. The Labute approximate surface area is 125 Å². The van der Waals surface area contributed by atoms with Gasteiger partial charge in [0.1, 0.15) is 0 Å². The zero-order valence-electron chi connectivity index (χ0n) is 14.5. The number of hydrogen-bond acceptors (Lipinski definition) is 0. The zero-order chi connectivity index (χ0) is 15.7. The summed E-state index contributed by atoms with van der Waals surface area (Å²) in [6, 6.07) is 13.2. The van der Waals surface area contributed by atoms with Gasteiger partial charge in [-0.2, -0.15) is 0 Å². The van der Waals surface area contributed by atoms with Gasteiger partial charge in [0.2, 0.25) is 0 Å². The Hall–Kier alpha value is -1.56. The molecule has 0 amide bonds. The minimum atomic E-state index is 1.33. The first-order valence-corrected chi connectivity index (χ1v) is 7.73. The quantitative estimate of drug-likeness (QED) is 0.545. The van der Waals surface area contributed by atoms with Gasteiger partial charge in [0.25, 0.3) is 0 Å². The van der Waals surface area contributed by atoms with E-state index in [0.29, 0.717) is 0 Å². The molecule has 0 unspecified atom stereocenters. The lowest BCUT2D eigenvalue weighted by Crippen LogP contribution is -1.88. The van der Waals surface area contributed by atoms with Crippen LogP contribution in [-0.4, -0.2) is 0 Å². The summed E-state index contributed by atoms with van der Waals surface area (Å²) >= 11 is 0. The fourth-order valence-electron chi connectivity index (χ4n) is 2.19. The van der Waals surface area contributed by atoms with Crippen LogP contribution in [0.5, 0.6) is 0 Å². The van der Waals surface area contributed by atoms with Crippen LogP contribution in [0.25, 0.3) is 11.1 Å². The topological polar surface area (TPSA) is 0 Å². The molecule has 0 nitrogen and oxygen atoms in total. The Bertz CT molecular complexity index is 501. The maximum Gasteiger partial charge on any atom is -0.0152 e. The molecule has 110 valence electrons. The maximum atomic E-state index is 2.26. The van der Waals surface area contributed by atoms with E-state index < -0.39 is 0 Å². The van der Waals surface area contributed by atoms with Gasteiger partial charge < -0.3 is 0 Å². The Balaban J connectivity index is 0.000000829. The van der Waals surface area contributed by atoms with Crippen LogP contribution < -0.4 is 0 Å². The van der Waals surface area contributed by atoms with Crippen LogP contribution in [0.1, 0.15) is 49.9 Å². The van der Waals surface area contributed by atoms with E-state index in [1.54, 1.807) is 0 Å². The number of benzene rings is 2. The largest absolute Gasteiger partial charge is 0.0683 e. The molecule has 20 heavy (non-hydrogen) atoms. The van der Waals surface area contributed by atoms with Crippen molar-refractivity contribution in [3.8, 4) is 11.1 Å². The Morgan fingerprint density at radius 3 is 1.65 bits per heavy atom. The van der Waals surface area contributed by atoms with Gasteiger partial charge >= 0.3 is 0 Å². The normalized spacial score (nSPS) is 9.00. The van der Waals surface area contributed by atoms with E-state index in [-0.39, 0.29) is 0 Å². The van der Waals surface area contributed by atoms with Crippen molar-refractivity contribution in [2.75, 3.05) is 0 Å². The van der Waals surface area contributed by atoms with E-state index in [0.717, 1.165) is 0 Å². The summed E-state index contributed by atoms with van der Waals surface area (Å²) in [5.41, 5.74) is 8.08. The molecule has 2 rings (SSSR count). The molecule has 0 aliphatic carbocycles. The van der Waals surface area contributed by atoms with Crippen LogP contribution in [0.2, 0.25) is 0 Å². The highest BCUT2D eigenvalue weighted by Gasteiger charge is 2.04. The average molecular weight is 270 g/mol. The second kappa shape index (κ2) is 9.36. The van der Waals surface area contributed by atoms with Gasteiger partial charge in [-0.25, -0.2) is 0 Å². The molecule has 2 aromatic rings. The van der Waals surface area contributed by atoms with E-state index in [2.05, 4.69) is 64.1 Å². The summed E-state index contributed by atoms with van der Waals surface area (Å²) in [6.45, 7) is 16.7. The molecule has 0 fully saturated rings. The Kier molecular flexibility index (Phi) is 8.63. The van der Waals surface area contributed by atoms with Crippen LogP contribution in [0.3, 0.4) is 0 Å². The van der Waals surface area contributed by atoms with Gasteiger partial charge in [0, 0.05) is 0 Å². The molecule has 2 aromatic carbocycles. The molecule has 0 spiro atoms. The van der Waals surface area contributed by atoms with Gasteiger partial charge in [0.15, 0.2) is 0 Å². The van der Waals surface area contributed by atoms with Gasteiger partial charge in [-0.15, -0.1) is 0 Å². The van der Waals surface area contributed by atoms with Gasteiger partial charge in [-0.3, -0.25) is 0 Å². The monoisotopic (exact) mass is 270 g/mol. The second-order valence-corrected chi connectivity index (χ2v) is 4.62. The van der Waals surface area contributed by atoms with Crippen LogP contribution >= 0.6 is 0 Å². The first kappa shape index (κ1) is 18.4. The zero-order valence-corrected chi connectivity index (χ0v) is 14.5. The van der Waals surface area contributed by atoms with Crippen molar-refractivity contribution < 1.29 is 0 Å². The number of hydrogen-bond donors (Lipinski definition) is 0. The van der Waals surface area contributed by atoms with E-state index >= 15 is 0 Å². The van der Waals surface area contributed by atoms with Crippen molar-refractivity contribution in [3.63, 3.8) is 0 Å². The molecule has 0 atom stereocenters. The summed E-state index contributed by atoms with van der Waals surface area (Å²) in [4.78, 5) is 0. The van der Waals surface area contributed by atoms with Gasteiger partial charge in [-0.1, -0.05) is 75.2 Å². The first-order chi connectivity index (χ1) is 9.58. The molecule has 0 heteroatoms. The third-order valence-corrected chi connectivity index (χ3v) is 3.14. The lowest BCUT2D eigenvalue weighted by Gasteiger charge is -2.10. The molecule has 0 N–H and O–H groups in total. The molecule has 0 heterocycles. The highest BCUT2D eigenvalue weighted by atomic mass is 14.1. The number of rotatable bonds is 1. The van der Waals surface area contributed by atoms with Gasteiger partial charge in [0.05, 0.1) is 0 Å². The molecule has 0 radical (unpaired) electrons. The van der Waals surface area contributed by atoms with Crippen molar-refractivity contribution in [2.24, 2.45) is 0 Å². The van der Waals surface area contributed by atoms with Crippen LogP contribution in [0, 0.1) is 27.7 Å². The second-order valence-electron chi connectivity index (χ2n) is 4.62. The average Bonchev–Trinajstić information content (AvgIpc) is 2.45. The SMILES string of the molecule is CC.CC.Cc1cc(C)cc(-c2cccc(C)c2C)c1. The molecule has 0 bridgehead atoms. The van der Waals surface area contributed by atoms with E-state index in [1.807, 2.05) is 27.7 Å². The third-order valence-electron chi connectivity index (χ3n) is 3.14. The summed E-state index contributed by atoms with van der Waals surface area (Å²) in [6.07, 6.45) is 0. The van der Waals surface area contributed by atoms with E-state index in [4.69, 9.17) is 0 Å². The Morgan fingerprint density at radius 2 is 1.15 bits per heavy atom. The lowest BCUT2D eigenvalue weighted by atomic mass is 9.95.